The van der Waals surface area contributed by atoms with E-state index in [1.54, 1.807) is 0 Å². The third kappa shape index (κ3) is 4.44. The van der Waals surface area contributed by atoms with Crippen LogP contribution in [0.4, 0.5) is 8.78 Å². The standard InChI is InChI=1S/C16H23F2NO/c1-2-7-19-16(12-5-3-4-6-12)11-20-15-9-13(17)8-14(18)10-15/h8-10,12,16,19H,2-7,11H2,1H3. The van der Waals surface area contributed by atoms with Crippen molar-refractivity contribution >= 4 is 0 Å². The summed E-state index contributed by atoms with van der Waals surface area (Å²) in [6, 6.07) is 3.59. The maximum atomic E-state index is 13.1. The van der Waals surface area contributed by atoms with Crippen molar-refractivity contribution in [2.75, 3.05) is 13.2 Å². The lowest BCUT2D eigenvalue weighted by Crippen LogP contribution is -2.40. The van der Waals surface area contributed by atoms with Gasteiger partial charge in [-0.3, -0.25) is 0 Å². The summed E-state index contributed by atoms with van der Waals surface area (Å²) < 4.78 is 31.8. The number of hydrogen-bond acceptors (Lipinski definition) is 2. The molecular weight excluding hydrogens is 260 g/mol. The van der Waals surface area contributed by atoms with Crippen LogP contribution in [-0.4, -0.2) is 19.2 Å². The van der Waals surface area contributed by atoms with Crippen LogP contribution in [0.15, 0.2) is 18.2 Å². The molecule has 2 rings (SSSR count). The first-order chi connectivity index (χ1) is 9.69. The van der Waals surface area contributed by atoms with Crippen molar-refractivity contribution in [3.05, 3.63) is 29.8 Å². The Kier molecular flexibility index (Phi) is 5.77. The zero-order chi connectivity index (χ0) is 14.4. The second-order valence-electron chi connectivity index (χ2n) is 5.52. The van der Waals surface area contributed by atoms with Crippen LogP contribution < -0.4 is 10.1 Å². The minimum absolute atomic E-state index is 0.267. The van der Waals surface area contributed by atoms with E-state index in [1.807, 2.05) is 0 Å². The third-order valence-electron chi connectivity index (χ3n) is 3.89. The molecule has 1 aromatic rings. The van der Waals surface area contributed by atoms with Crippen molar-refractivity contribution in [3.8, 4) is 5.75 Å². The highest BCUT2D eigenvalue weighted by molar-refractivity contribution is 5.23. The number of ether oxygens (including phenoxy) is 1. The molecule has 0 amide bonds. The molecule has 4 heteroatoms. The maximum Gasteiger partial charge on any atom is 0.129 e. The van der Waals surface area contributed by atoms with Gasteiger partial charge < -0.3 is 10.1 Å². The van der Waals surface area contributed by atoms with Crippen molar-refractivity contribution < 1.29 is 13.5 Å². The van der Waals surface area contributed by atoms with Gasteiger partial charge in [0.2, 0.25) is 0 Å². The van der Waals surface area contributed by atoms with Gasteiger partial charge in [-0.1, -0.05) is 19.8 Å². The van der Waals surface area contributed by atoms with E-state index >= 15 is 0 Å². The summed E-state index contributed by atoms with van der Waals surface area (Å²) in [4.78, 5) is 0. The Hall–Kier alpha value is -1.16. The van der Waals surface area contributed by atoms with Crippen LogP contribution in [-0.2, 0) is 0 Å². The molecule has 1 aliphatic rings. The number of nitrogens with one attached hydrogen (secondary N) is 1. The normalized spacial score (nSPS) is 17.4. The van der Waals surface area contributed by atoms with Crippen molar-refractivity contribution in [1.29, 1.82) is 0 Å². The smallest absolute Gasteiger partial charge is 0.129 e. The molecule has 0 radical (unpaired) electrons. The molecular formula is C16H23F2NO. The Balaban J connectivity index is 1.92. The van der Waals surface area contributed by atoms with Crippen LogP contribution >= 0.6 is 0 Å². The van der Waals surface area contributed by atoms with Crippen molar-refractivity contribution in [2.24, 2.45) is 5.92 Å². The fourth-order valence-corrected chi connectivity index (χ4v) is 2.85. The molecule has 0 heterocycles. The first-order valence-corrected chi connectivity index (χ1v) is 7.51. The molecule has 1 aliphatic carbocycles. The maximum absolute atomic E-state index is 13.1. The summed E-state index contributed by atoms with van der Waals surface area (Å²) in [5.74, 6) is -0.318. The lowest BCUT2D eigenvalue weighted by atomic mass is 9.98. The summed E-state index contributed by atoms with van der Waals surface area (Å²) in [5.41, 5.74) is 0. The van der Waals surface area contributed by atoms with Gasteiger partial charge in [0.15, 0.2) is 0 Å². The molecule has 0 aromatic heterocycles. The van der Waals surface area contributed by atoms with Crippen LogP contribution in [0.5, 0.6) is 5.75 Å². The predicted octanol–water partition coefficient (Wildman–Crippen LogP) is 3.90. The molecule has 0 bridgehead atoms. The van der Waals surface area contributed by atoms with Gasteiger partial charge in [0.25, 0.3) is 0 Å². The zero-order valence-corrected chi connectivity index (χ0v) is 12.0. The Morgan fingerprint density at radius 3 is 2.45 bits per heavy atom. The zero-order valence-electron chi connectivity index (χ0n) is 12.0. The van der Waals surface area contributed by atoms with E-state index in [2.05, 4.69) is 12.2 Å². The van der Waals surface area contributed by atoms with Gasteiger partial charge in [-0.25, -0.2) is 8.78 Å². The highest BCUT2D eigenvalue weighted by Crippen LogP contribution is 2.28. The van der Waals surface area contributed by atoms with Crippen LogP contribution in [0.3, 0.4) is 0 Å². The van der Waals surface area contributed by atoms with Gasteiger partial charge in [0.05, 0.1) is 0 Å². The van der Waals surface area contributed by atoms with E-state index in [0.29, 0.717) is 12.5 Å². The molecule has 1 fully saturated rings. The molecule has 2 nitrogen and oxygen atoms in total. The fraction of sp³-hybridized carbons (Fsp3) is 0.625. The molecule has 20 heavy (non-hydrogen) atoms. The molecule has 0 aliphatic heterocycles. The quantitative estimate of drug-likeness (QED) is 0.819. The summed E-state index contributed by atoms with van der Waals surface area (Å²) in [6.07, 6.45) is 6.02. The monoisotopic (exact) mass is 283 g/mol. The minimum atomic E-state index is -0.598. The predicted molar refractivity (Wildman–Crippen MR) is 75.9 cm³/mol. The van der Waals surface area contributed by atoms with Gasteiger partial charge in [0.1, 0.15) is 24.0 Å². The largest absolute Gasteiger partial charge is 0.492 e. The fourth-order valence-electron chi connectivity index (χ4n) is 2.85. The van der Waals surface area contributed by atoms with Gasteiger partial charge in [-0.05, 0) is 31.7 Å². The Labute approximate surface area is 119 Å². The molecule has 1 aromatic carbocycles. The van der Waals surface area contributed by atoms with Gasteiger partial charge in [-0.2, -0.15) is 0 Å². The number of benzene rings is 1. The highest BCUT2D eigenvalue weighted by Gasteiger charge is 2.25. The average Bonchev–Trinajstić information content (AvgIpc) is 2.91. The molecule has 1 atom stereocenters. The third-order valence-corrected chi connectivity index (χ3v) is 3.89. The van der Waals surface area contributed by atoms with Crippen LogP contribution in [0.2, 0.25) is 0 Å². The van der Waals surface area contributed by atoms with E-state index in [0.717, 1.165) is 19.0 Å². The first-order valence-electron chi connectivity index (χ1n) is 7.51. The molecule has 1 saturated carbocycles. The summed E-state index contributed by atoms with van der Waals surface area (Å²) in [6.45, 7) is 3.54. The van der Waals surface area contributed by atoms with E-state index < -0.39 is 11.6 Å². The lowest BCUT2D eigenvalue weighted by Gasteiger charge is -2.25. The molecule has 1 N–H and O–H groups in total. The number of halogens is 2. The van der Waals surface area contributed by atoms with Crippen LogP contribution in [0.25, 0.3) is 0 Å². The van der Waals surface area contributed by atoms with Gasteiger partial charge in [-0.15, -0.1) is 0 Å². The van der Waals surface area contributed by atoms with Crippen molar-refractivity contribution in [2.45, 2.75) is 45.1 Å². The molecule has 1 unspecified atom stereocenters. The second-order valence-corrected chi connectivity index (χ2v) is 5.52. The average molecular weight is 283 g/mol. The topological polar surface area (TPSA) is 21.3 Å². The van der Waals surface area contributed by atoms with Crippen LogP contribution in [0, 0.1) is 17.6 Å². The Morgan fingerprint density at radius 2 is 1.85 bits per heavy atom. The van der Waals surface area contributed by atoms with E-state index in [4.69, 9.17) is 4.74 Å². The van der Waals surface area contributed by atoms with E-state index in [1.165, 1.54) is 37.8 Å². The highest BCUT2D eigenvalue weighted by atomic mass is 19.1. The second kappa shape index (κ2) is 7.58. The van der Waals surface area contributed by atoms with E-state index in [9.17, 15) is 8.78 Å². The number of hydrogen-bond donors (Lipinski definition) is 1. The van der Waals surface area contributed by atoms with Crippen LogP contribution in [0.1, 0.15) is 39.0 Å². The summed E-state index contributed by atoms with van der Waals surface area (Å²) in [7, 11) is 0. The molecule has 112 valence electrons. The Bertz CT molecular complexity index is 399. The summed E-state index contributed by atoms with van der Waals surface area (Å²) >= 11 is 0. The minimum Gasteiger partial charge on any atom is -0.492 e. The lowest BCUT2D eigenvalue weighted by molar-refractivity contribution is 0.216. The van der Waals surface area contributed by atoms with Crippen molar-refractivity contribution in [3.63, 3.8) is 0 Å². The first kappa shape index (κ1) is 15.2. The number of rotatable bonds is 7. The Morgan fingerprint density at radius 1 is 1.20 bits per heavy atom. The van der Waals surface area contributed by atoms with Gasteiger partial charge in [0, 0.05) is 24.2 Å². The molecule has 0 spiro atoms. The van der Waals surface area contributed by atoms with Gasteiger partial charge >= 0.3 is 0 Å². The summed E-state index contributed by atoms with van der Waals surface area (Å²) in [5, 5.41) is 3.50. The molecule has 0 saturated heterocycles. The van der Waals surface area contributed by atoms with E-state index in [-0.39, 0.29) is 11.8 Å². The van der Waals surface area contributed by atoms with Crippen molar-refractivity contribution in [1.82, 2.24) is 5.32 Å². The SMILES string of the molecule is CCCNC(COc1cc(F)cc(F)c1)C1CCCC1.